The monoisotopic (exact) mass is 208 g/mol. The zero-order valence-corrected chi connectivity index (χ0v) is 9.02. The van der Waals surface area contributed by atoms with Gasteiger partial charge in [0.1, 0.15) is 11.3 Å². The predicted molar refractivity (Wildman–Crippen MR) is 58.9 cm³/mol. The van der Waals surface area contributed by atoms with Crippen LogP contribution < -0.4 is 10.1 Å². The third kappa shape index (κ3) is 1.58. The lowest BCUT2D eigenvalue weighted by atomic mass is 10.2. The molecule has 0 saturated carbocycles. The van der Waals surface area contributed by atoms with Crippen LogP contribution in [-0.4, -0.2) is 19.1 Å². The zero-order chi connectivity index (χ0) is 9.97. The van der Waals surface area contributed by atoms with Crippen LogP contribution in [0.2, 0.25) is 0 Å². The van der Waals surface area contributed by atoms with Gasteiger partial charge >= 0.3 is 0 Å². The van der Waals surface area contributed by atoms with Crippen LogP contribution in [0.4, 0.5) is 0 Å². The Labute approximate surface area is 86.7 Å². The summed E-state index contributed by atoms with van der Waals surface area (Å²) < 4.78 is 6.46. The van der Waals surface area contributed by atoms with Gasteiger partial charge in [0, 0.05) is 6.54 Å². The molecule has 2 aromatic rings. The highest BCUT2D eigenvalue weighted by Crippen LogP contribution is 2.28. The Balaban J connectivity index is 2.55. The van der Waals surface area contributed by atoms with Crippen molar-refractivity contribution >= 4 is 21.6 Å². The van der Waals surface area contributed by atoms with Gasteiger partial charge in [-0.25, -0.2) is 4.98 Å². The van der Waals surface area contributed by atoms with E-state index < -0.39 is 0 Å². The number of rotatable bonds is 3. The Morgan fingerprint density at radius 3 is 3.07 bits per heavy atom. The van der Waals surface area contributed by atoms with Crippen molar-refractivity contribution in [3.8, 4) is 5.75 Å². The maximum atomic E-state index is 5.29. The van der Waals surface area contributed by atoms with Crippen molar-refractivity contribution in [3.05, 3.63) is 23.2 Å². The predicted octanol–water partition coefficient (Wildman–Crippen LogP) is 2.02. The van der Waals surface area contributed by atoms with Gasteiger partial charge in [0.2, 0.25) is 0 Å². The van der Waals surface area contributed by atoms with Crippen LogP contribution in [-0.2, 0) is 6.54 Å². The van der Waals surface area contributed by atoms with E-state index in [0.717, 1.165) is 17.8 Å². The lowest BCUT2D eigenvalue weighted by Gasteiger charge is -2.04. The number of nitrogens with one attached hydrogen (secondary N) is 1. The lowest BCUT2D eigenvalue weighted by Crippen LogP contribution is -2.04. The van der Waals surface area contributed by atoms with E-state index in [0.29, 0.717) is 0 Å². The van der Waals surface area contributed by atoms with Crippen LogP contribution in [0.25, 0.3) is 10.2 Å². The van der Waals surface area contributed by atoms with E-state index in [9.17, 15) is 0 Å². The topological polar surface area (TPSA) is 34.1 Å². The molecule has 0 fully saturated rings. The molecule has 0 amide bonds. The highest BCUT2D eigenvalue weighted by atomic mass is 32.1. The summed E-state index contributed by atoms with van der Waals surface area (Å²) in [5.74, 6) is 0.856. The van der Waals surface area contributed by atoms with E-state index in [1.54, 1.807) is 18.4 Å². The molecule has 1 N–H and O–H groups in total. The Bertz CT molecular complexity index is 439. The fourth-order valence-electron chi connectivity index (χ4n) is 1.45. The van der Waals surface area contributed by atoms with Crippen molar-refractivity contribution in [1.82, 2.24) is 10.3 Å². The number of methoxy groups -OCH3 is 1. The van der Waals surface area contributed by atoms with Crippen molar-refractivity contribution in [2.75, 3.05) is 14.2 Å². The molecule has 14 heavy (non-hydrogen) atoms. The summed E-state index contributed by atoms with van der Waals surface area (Å²) in [6, 6.07) is 4.17. The molecule has 1 heterocycles. The number of fused-ring (bicyclic) bond motifs is 1. The number of hydrogen-bond donors (Lipinski definition) is 1. The van der Waals surface area contributed by atoms with Crippen molar-refractivity contribution in [2.45, 2.75) is 6.54 Å². The third-order valence-corrected chi connectivity index (χ3v) is 2.84. The van der Waals surface area contributed by atoms with Crippen LogP contribution in [0.15, 0.2) is 17.6 Å². The van der Waals surface area contributed by atoms with Crippen LogP contribution in [0.1, 0.15) is 5.56 Å². The van der Waals surface area contributed by atoms with E-state index in [2.05, 4.69) is 16.4 Å². The molecule has 0 aliphatic carbocycles. The molecular weight excluding hydrogens is 196 g/mol. The van der Waals surface area contributed by atoms with E-state index in [-0.39, 0.29) is 0 Å². The Morgan fingerprint density at radius 2 is 2.36 bits per heavy atom. The fourth-order valence-corrected chi connectivity index (χ4v) is 2.21. The molecule has 1 aromatic heterocycles. The largest absolute Gasteiger partial charge is 0.494 e. The molecule has 74 valence electrons. The van der Waals surface area contributed by atoms with Gasteiger partial charge < -0.3 is 10.1 Å². The van der Waals surface area contributed by atoms with E-state index in [4.69, 9.17) is 4.74 Å². The maximum absolute atomic E-state index is 5.29. The summed E-state index contributed by atoms with van der Waals surface area (Å²) in [5, 5.41) is 3.12. The molecule has 3 nitrogen and oxygen atoms in total. The lowest BCUT2D eigenvalue weighted by molar-refractivity contribution is 0.418. The average molecular weight is 208 g/mol. The number of aromatic nitrogens is 1. The molecule has 0 aliphatic rings. The van der Waals surface area contributed by atoms with Crippen molar-refractivity contribution in [1.29, 1.82) is 0 Å². The molecule has 4 heteroatoms. The second kappa shape index (κ2) is 3.94. The van der Waals surface area contributed by atoms with Crippen LogP contribution in [0, 0.1) is 0 Å². The number of benzene rings is 1. The number of hydrogen-bond acceptors (Lipinski definition) is 4. The Morgan fingerprint density at radius 1 is 1.50 bits per heavy atom. The molecule has 0 atom stereocenters. The summed E-state index contributed by atoms with van der Waals surface area (Å²) in [6.07, 6.45) is 0. The molecule has 0 aliphatic heterocycles. The molecule has 0 radical (unpaired) electrons. The smallest absolute Gasteiger partial charge is 0.146 e. The minimum absolute atomic E-state index is 0.851. The third-order valence-electron chi connectivity index (χ3n) is 2.06. The average Bonchev–Trinajstić information content (AvgIpc) is 2.65. The first-order chi connectivity index (χ1) is 6.85. The molecule has 1 aromatic carbocycles. The van der Waals surface area contributed by atoms with Crippen molar-refractivity contribution < 1.29 is 4.74 Å². The van der Waals surface area contributed by atoms with Gasteiger partial charge in [-0.2, -0.15) is 0 Å². The highest BCUT2D eigenvalue weighted by molar-refractivity contribution is 7.16. The van der Waals surface area contributed by atoms with Gasteiger partial charge in [0.05, 0.1) is 17.3 Å². The van der Waals surface area contributed by atoms with Crippen molar-refractivity contribution in [2.24, 2.45) is 0 Å². The minimum atomic E-state index is 0.851. The summed E-state index contributed by atoms with van der Waals surface area (Å²) in [4.78, 5) is 4.26. The number of nitrogens with zero attached hydrogens (tertiary/aromatic N) is 1. The molecule has 0 spiro atoms. The minimum Gasteiger partial charge on any atom is -0.494 e. The van der Waals surface area contributed by atoms with Gasteiger partial charge in [-0.15, -0.1) is 11.3 Å². The van der Waals surface area contributed by atoms with E-state index in [1.807, 2.05) is 18.6 Å². The maximum Gasteiger partial charge on any atom is 0.146 e. The van der Waals surface area contributed by atoms with E-state index in [1.165, 1.54) is 10.3 Å². The Kier molecular flexibility index (Phi) is 2.65. The standard InChI is InChI=1S/C10H12N2OS/c1-11-5-7-3-8(13-2)10-9(4-7)14-6-12-10/h3-4,6,11H,5H2,1-2H3. The molecule has 0 saturated heterocycles. The van der Waals surface area contributed by atoms with Gasteiger partial charge in [-0.05, 0) is 24.7 Å². The number of thiazole rings is 1. The fraction of sp³-hybridized carbons (Fsp3) is 0.300. The number of ether oxygens (including phenoxy) is 1. The summed E-state index contributed by atoms with van der Waals surface area (Å²) >= 11 is 1.64. The highest BCUT2D eigenvalue weighted by Gasteiger charge is 2.06. The second-order valence-electron chi connectivity index (χ2n) is 3.03. The van der Waals surface area contributed by atoms with Crippen LogP contribution in [0.3, 0.4) is 0 Å². The van der Waals surface area contributed by atoms with E-state index >= 15 is 0 Å². The molecule has 2 rings (SSSR count). The summed E-state index contributed by atoms with van der Waals surface area (Å²) in [6.45, 7) is 0.851. The quantitative estimate of drug-likeness (QED) is 0.838. The Hall–Kier alpha value is -1.13. The van der Waals surface area contributed by atoms with Crippen LogP contribution >= 0.6 is 11.3 Å². The first-order valence-electron chi connectivity index (χ1n) is 4.40. The summed E-state index contributed by atoms with van der Waals surface area (Å²) in [7, 11) is 3.61. The molecule has 0 bridgehead atoms. The first-order valence-corrected chi connectivity index (χ1v) is 5.28. The van der Waals surface area contributed by atoms with Crippen LogP contribution in [0.5, 0.6) is 5.75 Å². The zero-order valence-electron chi connectivity index (χ0n) is 8.20. The normalized spacial score (nSPS) is 10.7. The molecular formula is C10H12N2OS. The SMILES string of the molecule is CNCc1cc(OC)c2ncsc2c1. The van der Waals surface area contributed by atoms with Gasteiger partial charge in [0.25, 0.3) is 0 Å². The summed E-state index contributed by atoms with van der Waals surface area (Å²) in [5.41, 5.74) is 4.02. The molecule has 0 unspecified atom stereocenters. The van der Waals surface area contributed by atoms with Gasteiger partial charge in [0.15, 0.2) is 0 Å². The van der Waals surface area contributed by atoms with Gasteiger partial charge in [-0.3, -0.25) is 0 Å². The van der Waals surface area contributed by atoms with Crippen molar-refractivity contribution in [3.63, 3.8) is 0 Å². The van der Waals surface area contributed by atoms with Gasteiger partial charge in [-0.1, -0.05) is 0 Å². The second-order valence-corrected chi connectivity index (χ2v) is 3.91. The first kappa shape index (κ1) is 9.43.